The van der Waals surface area contributed by atoms with Crippen LogP contribution in [0.1, 0.15) is 51.4 Å². The zero-order chi connectivity index (χ0) is 30.7. The number of terminal acetylenes is 1. The monoisotopic (exact) mass is 594 g/mol. The van der Waals surface area contributed by atoms with E-state index in [9.17, 15) is 19.2 Å². The number of carbonyl (C=O) groups excluding carboxylic acids is 4. The number of Topliss-reactive ketones (excluding diaryl/α,β-unsaturated/α-hetero) is 1. The Bertz CT molecular complexity index is 974. The van der Waals surface area contributed by atoms with E-state index in [-0.39, 0.29) is 31.6 Å². The van der Waals surface area contributed by atoms with Crippen molar-refractivity contribution in [2.45, 2.75) is 76.0 Å². The fraction of sp³-hybridized carbons (Fsp3) is 0.724. The third-order valence-corrected chi connectivity index (χ3v) is 6.58. The zero-order valence-electron chi connectivity index (χ0n) is 24.7. The number of ether oxygens (including phenoxy) is 7. The van der Waals surface area contributed by atoms with Crippen molar-refractivity contribution in [2.75, 3.05) is 60.8 Å². The van der Waals surface area contributed by atoms with Gasteiger partial charge in [-0.25, -0.2) is 14.4 Å². The van der Waals surface area contributed by atoms with Crippen molar-refractivity contribution >= 4 is 23.9 Å². The van der Waals surface area contributed by atoms with Crippen LogP contribution in [0.25, 0.3) is 0 Å². The lowest BCUT2D eigenvalue weighted by atomic mass is 10.2. The van der Waals surface area contributed by atoms with E-state index in [0.29, 0.717) is 26.1 Å². The Morgan fingerprint density at radius 2 is 1.38 bits per heavy atom. The second-order valence-corrected chi connectivity index (χ2v) is 9.63. The minimum absolute atomic E-state index is 0.0112. The van der Waals surface area contributed by atoms with Gasteiger partial charge in [-0.05, 0) is 44.4 Å². The lowest BCUT2D eigenvalue weighted by molar-refractivity contribution is -0.161. The maximum absolute atomic E-state index is 11.8. The molecule has 2 unspecified atom stereocenters. The number of likely N-dealkylation sites (N-methyl/N-ethyl adjacent to an activating group) is 2. The molecule has 234 valence electrons. The molecule has 0 saturated carbocycles. The van der Waals surface area contributed by atoms with Gasteiger partial charge in [0, 0.05) is 40.2 Å². The lowest BCUT2D eigenvalue weighted by Crippen LogP contribution is -2.37. The number of nitrogens with zero attached hydrogens (tertiary/aromatic N) is 2. The summed E-state index contributed by atoms with van der Waals surface area (Å²) >= 11 is 0. The van der Waals surface area contributed by atoms with Crippen molar-refractivity contribution < 1.29 is 52.3 Å². The zero-order valence-corrected chi connectivity index (χ0v) is 24.7. The third-order valence-electron chi connectivity index (χ3n) is 6.58. The van der Waals surface area contributed by atoms with Gasteiger partial charge in [0.2, 0.25) is 5.78 Å². The Hall–Kier alpha value is -3.36. The molecule has 4 atom stereocenters. The van der Waals surface area contributed by atoms with E-state index in [0.717, 1.165) is 45.3 Å². The Balaban J connectivity index is 0.000000239. The van der Waals surface area contributed by atoms with Crippen LogP contribution in [-0.2, 0) is 42.7 Å². The first kappa shape index (κ1) is 34.8. The van der Waals surface area contributed by atoms with Crippen molar-refractivity contribution in [3.8, 4) is 24.2 Å². The van der Waals surface area contributed by atoms with Gasteiger partial charge in [0.05, 0.1) is 20.3 Å². The minimum atomic E-state index is -0.586. The van der Waals surface area contributed by atoms with Gasteiger partial charge in [-0.15, -0.1) is 12.3 Å². The molecular weight excluding hydrogens is 552 g/mol. The fourth-order valence-electron chi connectivity index (χ4n) is 4.00. The van der Waals surface area contributed by atoms with Gasteiger partial charge in [0.15, 0.2) is 18.6 Å². The predicted molar refractivity (Wildman–Crippen MR) is 148 cm³/mol. The van der Waals surface area contributed by atoms with Gasteiger partial charge in [-0.2, -0.15) is 0 Å². The first-order valence-corrected chi connectivity index (χ1v) is 14.1. The summed E-state index contributed by atoms with van der Waals surface area (Å²) in [5, 5.41) is 0. The maximum Gasteiger partial charge on any atom is 0.410 e. The van der Waals surface area contributed by atoms with Gasteiger partial charge in [0.1, 0.15) is 19.3 Å². The van der Waals surface area contributed by atoms with Crippen LogP contribution in [0.5, 0.6) is 0 Å². The van der Waals surface area contributed by atoms with Gasteiger partial charge in [-0.3, -0.25) is 14.6 Å². The van der Waals surface area contributed by atoms with Crippen molar-refractivity contribution in [1.82, 2.24) is 9.80 Å². The fourth-order valence-corrected chi connectivity index (χ4v) is 4.00. The largest absolute Gasteiger partial charge is 0.467 e. The quantitative estimate of drug-likeness (QED) is 0.134. The summed E-state index contributed by atoms with van der Waals surface area (Å²) in [5.74, 6) is 7.07. The van der Waals surface area contributed by atoms with Crippen molar-refractivity contribution in [3.05, 3.63) is 0 Å². The van der Waals surface area contributed by atoms with Crippen LogP contribution in [0, 0.1) is 24.2 Å². The molecule has 2 amide bonds. The van der Waals surface area contributed by atoms with Gasteiger partial charge >= 0.3 is 18.2 Å². The summed E-state index contributed by atoms with van der Waals surface area (Å²) in [4.78, 5) is 46.9. The Morgan fingerprint density at radius 3 is 1.81 bits per heavy atom. The average Bonchev–Trinajstić information content (AvgIpc) is 3.53. The Kier molecular flexibility index (Phi) is 16.3. The molecule has 0 aromatic rings. The number of hydrogen-bond donors (Lipinski definition) is 0. The number of ketones is 1. The number of methoxy groups -OCH3 is 1. The second kappa shape index (κ2) is 19.7. The number of cyclic esters (lactones) is 2. The van der Waals surface area contributed by atoms with E-state index < -0.39 is 30.2 Å². The molecular formula is C29H42N2O11. The van der Waals surface area contributed by atoms with Crippen LogP contribution in [-0.4, -0.2) is 119 Å². The second-order valence-electron chi connectivity index (χ2n) is 9.63. The maximum atomic E-state index is 11.8. The third kappa shape index (κ3) is 12.2. The molecule has 4 fully saturated rings. The molecule has 0 N–H and O–H groups in total. The highest BCUT2D eigenvalue weighted by molar-refractivity contribution is 6.02. The molecule has 0 bridgehead atoms. The van der Waals surface area contributed by atoms with E-state index in [1.54, 1.807) is 0 Å². The Labute approximate surface area is 247 Å². The molecule has 4 aliphatic heterocycles. The Morgan fingerprint density at radius 1 is 0.857 bits per heavy atom. The molecule has 4 saturated heterocycles. The molecule has 0 aliphatic carbocycles. The summed E-state index contributed by atoms with van der Waals surface area (Å²) in [6.45, 7) is 2.82. The first-order valence-electron chi connectivity index (χ1n) is 14.1. The summed E-state index contributed by atoms with van der Waals surface area (Å²) in [5.41, 5.74) is 0. The van der Waals surface area contributed by atoms with E-state index in [2.05, 4.69) is 27.2 Å². The summed E-state index contributed by atoms with van der Waals surface area (Å²) in [6.07, 6.45) is 11.6. The molecule has 13 heteroatoms. The SMILES string of the molecule is C#CCCOC1CCCCO1.CN1C(=O)OC[C@H]1C(=O)C#CCCOC1CCCCO1.COC(=O)[C@@H]1COC(=O)N1C. The summed E-state index contributed by atoms with van der Waals surface area (Å²) < 4.78 is 35.4. The molecule has 4 rings (SSSR count). The van der Waals surface area contributed by atoms with Crippen LogP contribution in [0.2, 0.25) is 0 Å². The van der Waals surface area contributed by atoms with Gasteiger partial charge in [-0.1, -0.05) is 5.92 Å². The van der Waals surface area contributed by atoms with E-state index >= 15 is 0 Å². The molecule has 0 spiro atoms. The van der Waals surface area contributed by atoms with E-state index in [4.69, 9.17) is 30.1 Å². The number of amides is 2. The molecule has 13 nitrogen and oxygen atoms in total. The van der Waals surface area contributed by atoms with E-state index in [1.807, 2.05) is 0 Å². The van der Waals surface area contributed by atoms with Crippen molar-refractivity contribution in [2.24, 2.45) is 0 Å². The summed E-state index contributed by atoms with van der Waals surface area (Å²) in [6, 6.07) is -1.16. The number of hydrogen-bond acceptors (Lipinski definition) is 11. The van der Waals surface area contributed by atoms with Gasteiger partial charge in [0.25, 0.3) is 0 Å². The molecule has 0 aromatic carbocycles. The molecule has 4 heterocycles. The lowest BCUT2D eigenvalue weighted by Gasteiger charge is -2.22. The van der Waals surface area contributed by atoms with Crippen LogP contribution in [0.3, 0.4) is 0 Å². The molecule has 4 aliphatic rings. The van der Waals surface area contributed by atoms with Crippen LogP contribution < -0.4 is 0 Å². The smallest absolute Gasteiger partial charge is 0.410 e. The number of esters is 1. The topological polar surface area (TPSA) is 139 Å². The van der Waals surface area contributed by atoms with Crippen LogP contribution in [0.15, 0.2) is 0 Å². The summed E-state index contributed by atoms with van der Waals surface area (Å²) in [7, 11) is 4.30. The molecule has 42 heavy (non-hydrogen) atoms. The van der Waals surface area contributed by atoms with Crippen LogP contribution >= 0.6 is 0 Å². The van der Waals surface area contributed by atoms with E-state index in [1.165, 1.54) is 37.4 Å². The highest BCUT2D eigenvalue weighted by Gasteiger charge is 2.36. The van der Waals surface area contributed by atoms with Crippen LogP contribution in [0.4, 0.5) is 9.59 Å². The standard InChI is InChI=1S/C14H19NO5.C9H14O2.C6H9NO4/c1-15-11(10-20-14(15)17)12(16)6-2-4-8-18-13-7-3-5-9-19-13;1-2-3-7-10-9-6-4-5-8-11-9;1-7-4(5(8)10-2)3-11-6(7)9/h11,13H,3-5,7-10H2,1H3;1,9H,3-8H2;4H,3H2,1-2H3/t11-,13?;;4-/m0.0/s1. The predicted octanol–water partition coefficient (Wildman–Crippen LogP) is 2.11. The van der Waals surface area contributed by atoms with Gasteiger partial charge < -0.3 is 33.2 Å². The average molecular weight is 595 g/mol. The number of carbonyl (C=O) groups is 4. The van der Waals surface area contributed by atoms with Crippen molar-refractivity contribution in [3.63, 3.8) is 0 Å². The minimum Gasteiger partial charge on any atom is -0.467 e. The molecule has 0 radical (unpaired) electrons. The number of rotatable bonds is 8. The highest BCUT2D eigenvalue weighted by atomic mass is 16.7. The van der Waals surface area contributed by atoms with Crippen molar-refractivity contribution in [1.29, 1.82) is 0 Å². The first-order chi connectivity index (χ1) is 20.3. The normalized spacial score (nSPS) is 24.8. The molecule has 0 aromatic heterocycles. The highest BCUT2D eigenvalue weighted by Crippen LogP contribution is 2.15.